The topological polar surface area (TPSA) is 118 Å². The maximum Gasteiger partial charge on any atom is 0.678 e. The molecule has 0 bridgehead atoms. The van der Waals surface area contributed by atoms with E-state index in [0.29, 0.717) is 0 Å². The molecule has 104 valence electrons. The van der Waals surface area contributed by atoms with Gasteiger partial charge in [0.2, 0.25) is 0 Å². The van der Waals surface area contributed by atoms with Gasteiger partial charge in [-0.3, -0.25) is 0 Å². The molecular formula is C6H24O8Si2. The van der Waals surface area contributed by atoms with Gasteiger partial charge in [0.1, 0.15) is 0 Å². The van der Waals surface area contributed by atoms with Crippen molar-refractivity contribution >= 4 is 18.1 Å². The molecule has 0 aliphatic carbocycles. The van der Waals surface area contributed by atoms with Gasteiger partial charge in [-0.2, -0.15) is 0 Å². The Morgan fingerprint density at radius 3 is 0.750 bits per heavy atom. The smallest absolute Gasteiger partial charge is 0.368 e. The van der Waals surface area contributed by atoms with Crippen molar-refractivity contribution in [1.82, 2.24) is 0 Å². The number of hydrogen-bond donors (Lipinski definition) is 4. The second-order valence-corrected chi connectivity index (χ2v) is 5.75. The molecule has 4 N–H and O–H groups in total. The summed E-state index contributed by atoms with van der Waals surface area (Å²) in [6.07, 6.45) is 0. The number of rotatable bonds is 4. The Morgan fingerprint density at radius 1 is 0.625 bits per heavy atom. The van der Waals surface area contributed by atoms with Crippen molar-refractivity contribution in [3.8, 4) is 0 Å². The van der Waals surface area contributed by atoms with E-state index in [4.69, 9.17) is 36.9 Å². The van der Waals surface area contributed by atoms with Crippen LogP contribution >= 0.6 is 0 Å². The lowest BCUT2D eigenvalue weighted by Crippen LogP contribution is -2.45. The molecule has 0 aliphatic heterocycles. The van der Waals surface area contributed by atoms with E-state index in [2.05, 4.69) is 0 Å². The first-order valence-corrected chi connectivity index (χ1v) is 6.77. The summed E-state index contributed by atoms with van der Waals surface area (Å²) in [5, 5.41) is 0. The van der Waals surface area contributed by atoms with E-state index in [-0.39, 0.29) is 14.9 Å². The fourth-order valence-corrected chi connectivity index (χ4v) is 1.50. The SMILES string of the molecule is C.C.CO[Si](OC)(OC)OC.O[Si](O)(O)O. The summed E-state index contributed by atoms with van der Waals surface area (Å²) in [4.78, 5) is 29.3. The maximum absolute atomic E-state index is 7.33. The van der Waals surface area contributed by atoms with Gasteiger partial charge in [0.05, 0.1) is 0 Å². The normalized spacial score (nSPS) is 10.5. The average molecular weight is 280 g/mol. The highest BCUT2D eigenvalue weighted by atomic mass is 28.4. The van der Waals surface area contributed by atoms with Crippen molar-refractivity contribution in [2.45, 2.75) is 14.9 Å². The van der Waals surface area contributed by atoms with Crippen LogP contribution in [-0.2, 0) is 17.7 Å². The minimum atomic E-state index is -4.61. The van der Waals surface area contributed by atoms with E-state index in [1.807, 2.05) is 0 Å². The molecule has 0 aliphatic rings. The molecule has 0 spiro atoms. The van der Waals surface area contributed by atoms with Crippen LogP contribution in [0, 0.1) is 0 Å². The van der Waals surface area contributed by atoms with Crippen molar-refractivity contribution in [3.05, 3.63) is 0 Å². The summed E-state index contributed by atoms with van der Waals surface area (Å²) in [6, 6.07) is 0. The zero-order valence-corrected chi connectivity index (χ0v) is 10.4. The second kappa shape index (κ2) is 11.6. The summed E-state index contributed by atoms with van der Waals surface area (Å²) in [6.45, 7) is 0. The molecular weight excluding hydrogens is 256 g/mol. The molecule has 8 nitrogen and oxygen atoms in total. The summed E-state index contributed by atoms with van der Waals surface area (Å²) in [5.41, 5.74) is 0. The first-order valence-electron chi connectivity index (χ1n) is 3.34. The van der Waals surface area contributed by atoms with E-state index in [1.54, 1.807) is 0 Å². The molecule has 16 heavy (non-hydrogen) atoms. The fourth-order valence-electron chi connectivity index (χ4n) is 0.500. The van der Waals surface area contributed by atoms with Crippen molar-refractivity contribution in [2.24, 2.45) is 0 Å². The maximum atomic E-state index is 7.33. The van der Waals surface area contributed by atoms with Gasteiger partial charge in [-0.15, -0.1) is 0 Å². The predicted molar refractivity (Wildman–Crippen MR) is 61.9 cm³/mol. The molecule has 0 amide bonds. The van der Waals surface area contributed by atoms with Crippen LogP contribution in [0.3, 0.4) is 0 Å². The second-order valence-electron chi connectivity index (χ2n) is 1.92. The average Bonchev–Trinajstić information content (AvgIpc) is 2.07. The van der Waals surface area contributed by atoms with Crippen LogP contribution in [-0.4, -0.2) is 65.7 Å². The molecule has 0 unspecified atom stereocenters. The summed E-state index contributed by atoms with van der Waals surface area (Å²) in [5.74, 6) is 0. The van der Waals surface area contributed by atoms with Crippen molar-refractivity contribution < 1.29 is 36.9 Å². The Hall–Kier alpha value is 0.114. The summed E-state index contributed by atoms with van der Waals surface area (Å²) >= 11 is 0. The zero-order chi connectivity index (χ0) is 11.8. The standard InChI is InChI=1S/C4H12O4Si.2CH4.H4O4Si/c1-5-9(6-2,7-3)8-4;;;1-5(2,3)4/h1-4H3;2*1H4;1-4H. The summed E-state index contributed by atoms with van der Waals surface area (Å²) < 4.78 is 19.4. The monoisotopic (exact) mass is 280 g/mol. The van der Waals surface area contributed by atoms with Crippen LogP contribution in [0.25, 0.3) is 0 Å². The predicted octanol–water partition coefficient (Wildman–Crippen LogP) is -1.33. The molecule has 0 heterocycles. The molecule has 0 fully saturated rings. The quantitative estimate of drug-likeness (QED) is 0.468. The molecule has 0 saturated carbocycles. The lowest BCUT2D eigenvalue weighted by atomic mass is 11.8. The van der Waals surface area contributed by atoms with Crippen LogP contribution in [0.5, 0.6) is 0 Å². The third-order valence-corrected chi connectivity index (χ3v) is 3.00. The largest absolute Gasteiger partial charge is 0.678 e. The molecule has 0 radical (unpaired) electrons. The Balaban J connectivity index is -0.0000000904. The molecule has 0 aromatic heterocycles. The number of hydrogen-bond acceptors (Lipinski definition) is 8. The van der Waals surface area contributed by atoms with Crippen molar-refractivity contribution in [3.63, 3.8) is 0 Å². The van der Waals surface area contributed by atoms with Gasteiger partial charge in [-0.05, 0) is 0 Å². The van der Waals surface area contributed by atoms with Crippen LogP contribution in [0.15, 0.2) is 0 Å². The first kappa shape index (κ1) is 25.1. The van der Waals surface area contributed by atoms with Gasteiger partial charge in [0.15, 0.2) is 0 Å². The van der Waals surface area contributed by atoms with E-state index in [1.165, 1.54) is 28.4 Å². The van der Waals surface area contributed by atoms with Gasteiger partial charge in [0, 0.05) is 28.4 Å². The molecule has 0 aromatic carbocycles. The fraction of sp³-hybridized carbons (Fsp3) is 1.00. The van der Waals surface area contributed by atoms with E-state index < -0.39 is 18.1 Å². The molecule has 0 rings (SSSR count). The van der Waals surface area contributed by atoms with Crippen LogP contribution < -0.4 is 0 Å². The molecule has 0 atom stereocenters. The lowest BCUT2D eigenvalue weighted by Gasteiger charge is -2.19. The Labute approximate surface area is 99.0 Å². The minimum Gasteiger partial charge on any atom is -0.368 e. The van der Waals surface area contributed by atoms with Crippen molar-refractivity contribution in [1.29, 1.82) is 0 Å². The highest BCUT2D eigenvalue weighted by molar-refractivity contribution is 6.53. The molecule has 0 aromatic rings. The lowest BCUT2D eigenvalue weighted by molar-refractivity contribution is 0.0225. The zero-order valence-electron chi connectivity index (χ0n) is 8.42. The van der Waals surface area contributed by atoms with Gasteiger partial charge in [-0.25, -0.2) is 0 Å². The highest BCUT2D eigenvalue weighted by Gasteiger charge is 2.40. The third-order valence-electron chi connectivity index (χ3n) is 1.00. The van der Waals surface area contributed by atoms with Crippen molar-refractivity contribution in [2.75, 3.05) is 28.4 Å². The van der Waals surface area contributed by atoms with E-state index in [0.717, 1.165) is 0 Å². The molecule has 0 saturated heterocycles. The first-order chi connectivity index (χ1) is 6.24. The Kier molecular flexibility index (Phi) is 18.2. The van der Waals surface area contributed by atoms with Crippen LogP contribution in [0.1, 0.15) is 14.9 Å². The van der Waals surface area contributed by atoms with Gasteiger partial charge >= 0.3 is 18.1 Å². The van der Waals surface area contributed by atoms with E-state index in [9.17, 15) is 0 Å². The van der Waals surface area contributed by atoms with Gasteiger partial charge < -0.3 is 36.9 Å². The highest BCUT2D eigenvalue weighted by Crippen LogP contribution is 2.04. The Bertz CT molecular complexity index is 111. The third kappa shape index (κ3) is 16.5. The Morgan fingerprint density at radius 2 is 0.750 bits per heavy atom. The van der Waals surface area contributed by atoms with Gasteiger partial charge in [-0.1, -0.05) is 14.9 Å². The van der Waals surface area contributed by atoms with Crippen LogP contribution in [0.4, 0.5) is 0 Å². The molecule has 10 heteroatoms. The van der Waals surface area contributed by atoms with E-state index >= 15 is 0 Å². The van der Waals surface area contributed by atoms with Crippen LogP contribution in [0.2, 0.25) is 0 Å². The minimum absolute atomic E-state index is 0. The summed E-state index contributed by atoms with van der Waals surface area (Å²) in [7, 11) is -1.35. The van der Waals surface area contributed by atoms with Gasteiger partial charge in [0.25, 0.3) is 0 Å².